The number of hydrogen-bond acceptors (Lipinski definition) is 3. The van der Waals surface area contributed by atoms with Crippen molar-refractivity contribution in [2.45, 2.75) is 44.6 Å². The van der Waals surface area contributed by atoms with Gasteiger partial charge in [0.25, 0.3) is 0 Å². The van der Waals surface area contributed by atoms with E-state index in [1.54, 1.807) is 0 Å². The summed E-state index contributed by atoms with van der Waals surface area (Å²) in [5, 5.41) is 0. The number of ether oxygens (including phenoxy) is 1. The van der Waals surface area contributed by atoms with Crippen LogP contribution < -0.4 is 0 Å². The minimum Gasteiger partial charge on any atom is -0.454 e. The molecule has 3 heteroatoms. The van der Waals surface area contributed by atoms with Crippen molar-refractivity contribution < 1.29 is 14.3 Å². The molecule has 0 radical (unpaired) electrons. The molecule has 17 heavy (non-hydrogen) atoms. The lowest BCUT2D eigenvalue weighted by atomic mass is 9.58. The van der Waals surface area contributed by atoms with Crippen LogP contribution in [0.25, 0.3) is 0 Å². The first-order chi connectivity index (χ1) is 8.04. The molecular weight excluding hydrogens is 216 g/mol. The summed E-state index contributed by atoms with van der Waals surface area (Å²) in [6, 6.07) is 0. The van der Waals surface area contributed by atoms with Crippen molar-refractivity contribution in [1.29, 1.82) is 0 Å². The number of hydrogen-bond donors (Lipinski definition) is 0. The van der Waals surface area contributed by atoms with E-state index in [1.807, 2.05) is 0 Å². The third-order valence-electron chi connectivity index (χ3n) is 4.99. The van der Waals surface area contributed by atoms with Gasteiger partial charge in [-0.2, -0.15) is 0 Å². The summed E-state index contributed by atoms with van der Waals surface area (Å²) in [6.45, 7) is 6.09. The largest absolute Gasteiger partial charge is 0.454 e. The topological polar surface area (TPSA) is 43.4 Å². The fraction of sp³-hybridized carbons (Fsp3) is 0.714. The van der Waals surface area contributed by atoms with E-state index < -0.39 is 5.60 Å². The molecule has 1 heterocycles. The van der Waals surface area contributed by atoms with Crippen molar-refractivity contribution in [3.8, 4) is 0 Å². The van der Waals surface area contributed by atoms with Crippen LogP contribution in [0.3, 0.4) is 0 Å². The third kappa shape index (κ3) is 1.34. The van der Waals surface area contributed by atoms with E-state index in [9.17, 15) is 9.59 Å². The molecule has 1 spiro atoms. The van der Waals surface area contributed by atoms with Gasteiger partial charge >= 0.3 is 5.97 Å². The second-order valence-corrected chi connectivity index (χ2v) is 5.84. The lowest BCUT2D eigenvalue weighted by molar-refractivity contribution is -0.170. The Hall–Kier alpha value is -1.12. The lowest BCUT2D eigenvalue weighted by Crippen LogP contribution is -2.53. The number of carbonyl (C=O) groups excluding carboxylic acids is 2. The zero-order chi connectivity index (χ0) is 12.2. The summed E-state index contributed by atoms with van der Waals surface area (Å²) in [6.07, 6.45) is 3.98. The van der Waals surface area contributed by atoms with Crippen LogP contribution in [0.4, 0.5) is 0 Å². The Labute approximate surface area is 101 Å². The van der Waals surface area contributed by atoms with Gasteiger partial charge < -0.3 is 4.74 Å². The average molecular weight is 234 g/mol. The standard InChI is InChI=1S/C14H18O3/c1-8-3-5-12-9(2)13(16)17-14(12)7-10(15)4-6-11(8)14/h8,11-12H,2-7H2,1H3/t8-,11+,12+,14+/m1/s1. The number of ketones is 1. The Morgan fingerprint density at radius 2 is 2.06 bits per heavy atom. The molecule has 1 saturated heterocycles. The van der Waals surface area contributed by atoms with Gasteiger partial charge in [-0.05, 0) is 25.2 Å². The molecule has 3 fully saturated rings. The van der Waals surface area contributed by atoms with E-state index in [4.69, 9.17) is 4.74 Å². The smallest absolute Gasteiger partial charge is 0.334 e. The molecule has 3 nitrogen and oxygen atoms in total. The Bertz CT molecular complexity index is 412. The number of carbonyl (C=O) groups is 2. The summed E-state index contributed by atoms with van der Waals surface area (Å²) in [5.74, 6) is 0.937. The van der Waals surface area contributed by atoms with Gasteiger partial charge in [-0.1, -0.05) is 13.5 Å². The zero-order valence-corrected chi connectivity index (χ0v) is 10.2. The molecule has 3 aliphatic rings. The van der Waals surface area contributed by atoms with Crippen LogP contribution in [-0.2, 0) is 14.3 Å². The molecule has 4 atom stereocenters. The van der Waals surface area contributed by atoms with Crippen LogP contribution in [0.2, 0.25) is 0 Å². The highest BCUT2D eigenvalue weighted by molar-refractivity contribution is 5.93. The molecule has 0 aromatic heterocycles. The molecule has 92 valence electrons. The fourth-order valence-corrected chi connectivity index (χ4v) is 4.14. The molecule has 0 N–H and O–H groups in total. The number of esters is 1. The maximum Gasteiger partial charge on any atom is 0.334 e. The molecule has 0 unspecified atom stereocenters. The Kier molecular flexibility index (Phi) is 2.22. The molecule has 2 aliphatic carbocycles. The van der Waals surface area contributed by atoms with Crippen LogP contribution in [0, 0.1) is 17.8 Å². The van der Waals surface area contributed by atoms with Crippen LogP contribution in [0.1, 0.15) is 39.0 Å². The molecule has 0 aromatic carbocycles. The van der Waals surface area contributed by atoms with E-state index >= 15 is 0 Å². The predicted octanol–water partition coefficient (Wildman–Crippen LogP) is 2.25. The average Bonchev–Trinajstić information content (AvgIpc) is 2.50. The van der Waals surface area contributed by atoms with Gasteiger partial charge in [0.1, 0.15) is 11.4 Å². The third-order valence-corrected chi connectivity index (χ3v) is 4.99. The summed E-state index contributed by atoms with van der Waals surface area (Å²) in [4.78, 5) is 23.5. The Balaban J connectivity index is 2.04. The molecule has 0 amide bonds. The molecule has 0 aromatic rings. The van der Waals surface area contributed by atoms with Crippen molar-refractivity contribution in [2.24, 2.45) is 17.8 Å². The quantitative estimate of drug-likeness (QED) is 0.477. The maximum atomic E-state index is 11.8. The van der Waals surface area contributed by atoms with Crippen molar-refractivity contribution >= 4 is 11.8 Å². The normalized spacial score (nSPS) is 45.2. The van der Waals surface area contributed by atoms with Crippen LogP contribution in [-0.4, -0.2) is 17.4 Å². The molecule has 1 aliphatic heterocycles. The van der Waals surface area contributed by atoms with Crippen LogP contribution in [0.15, 0.2) is 12.2 Å². The first-order valence-electron chi connectivity index (χ1n) is 6.48. The summed E-state index contributed by atoms with van der Waals surface area (Å²) in [5.41, 5.74) is 0.0675. The second-order valence-electron chi connectivity index (χ2n) is 5.84. The molecular formula is C14H18O3. The Morgan fingerprint density at radius 1 is 1.29 bits per heavy atom. The highest BCUT2D eigenvalue weighted by Crippen LogP contribution is 2.56. The van der Waals surface area contributed by atoms with E-state index in [2.05, 4.69) is 13.5 Å². The Morgan fingerprint density at radius 3 is 2.82 bits per heavy atom. The highest BCUT2D eigenvalue weighted by atomic mass is 16.6. The van der Waals surface area contributed by atoms with Gasteiger partial charge in [-0.25, -0.2) is 4.79 Å². The van der Waals surface area contributed by atoms with Crippen molar-refractivity contribution in [1.82, 2.24) is 0 Å². The zero-order valence-electron chi connectivity index (χ0n) is 10.2. The van der Waals surface area contributed by atoms with Crippen LogP contribution in [0.5, 0.6) is 0 Å². The molecule has 3 rings (SSSR count). The van der Waals surface area contributed by atoms with Gasteiger partial charge in [0.2, 0.25) is 0 Å². The van der Waals surface area contributed by atoms with Gasteiger partial charge in [0.15, 0.2) is 0 Å². The van der Waals surface area contributed by atoms with E-state index in [0.717, 1.165) is 19.3 Å². The number of Topliss-reactive ketones (excluding diaryl/α,β-unsaturated/α-hetero) is 1. The lowest BCUT2D eigenvalue weighted by Gasteiger charge is -2.49. The van der Waals surface area contributed by atoms with Gasteiger partial charge in [-0.15, -0.1) is 0 Å². The van der Waals surface area contributed by atoms with Crippen LogP contribution >= 0.6 is 0 Å². The van der Waals surface area contributed by atoms with Crippen molar-refractivity contribution in [2.75, 3.05) is 0 Å². The predicted molar refractivity (Wildman–Crippen MR) is 62.2 cm³/mol. The highest BCUT2D eigenvalue weighted by Gasteiger charge is 2.61. The van der Waals surface area contributed by atoms with Gasteiger partial charge in [-0.3, -0.25) is 4.79 Å². The fourth-order valence-electron chi connectivity index (χ4n) is 4.14. The first-order valence-corrected chi connectivity index (χ1v) is 6.48. The van der Waals surface area contributed by atoms with Crippen molar-refractivity contribution in [3.63, 3.8) is 0 Å². The first kappa shape index (κ1) is 11.0. The van der Waals surface area contributed by atoms with Crippen molar-refractivity contribution in [3.05, 3.63) is 12.2 Å². The SMILES string of the molecule is C=C1C(=O)O[C@@]23CC(=O)CC[C@H]2[C@H](C)CC[C@@H]13. The minimum atomic E-state index is -0.527. The summed E-state index contributed by atoms with van der Waals surface area (Å²) < 4.78 is 5.65. The monoisotopic (exact) mass is 234 g/mol. The summed E-state index contributed by atoms with van der Waals surface area (Å²) in [7, 11) is 0. The second kappa shape index (κ2) is 3.44. The van der Waals surface area contributed by atoms with Gasteiger partial charge in [0.05, 0.1) is 0 Å². The summed E-state index contributed by atoms with van der Waals surface area (Å²) >= 11 is 0. The molecule has 0 bridgehead atoms. The van der Waals surface area contributed by atoms with Gasteiger partial charge in [0, 0.05) is 30.3 Å². The van der Waals surface area contributed by atoms with E-state index in [0.29, 0.717) is 30.3 Å². The maximum absolute atomic E-state index is 11.8. The molecule has 2 saturated carbocycles. The van der Waals surface area contributed by atoms with E-state index in [-0.39, 0.29) is 17.7 Å². The van der Waals surface area contributed by atoms with E-state index in [1.165, 1.54) is 0 Å². The minimum absolute atomic E-state index is 0.0837. The number of rotatable bonds is 0.